The van der Waals surface area contributed by atoms with Gasteiger partial charge in [-0.3, -0.25) is 19.4 Å². The highest BCUT2D eigenvalue weighted by molar-refractivity contribution is 5.83. The van der Waals surface area contributed by atoms with Gasteiger partial charge in [-0.1, -0.05) is 72.8 Å². The van der Waals surface area contributed by atoms with E-state index in [-0.39, 0.29) is 29.9 Å². The van der Waals surface area contributed by atoms with Crippen molar-refractivity contribution in [2.75, 3.05) is 33.7 Å². The molecule has 1 aromatic heterocycles. The molecule has 1 aliphatic rings. The van der Waals surface area contributed by atoms with Crippen LogP contribution in [0.1, 0.15) is 36.1 Å². The smallest absolute Gasteiger partial charge is 0.248 e. The third-order valence-electron chi connectivity index (χ3n) is 7.95. The Morgan fingerprint density at radius 3 is 2.25 bits per heavy atom. The number of rotatable bonds is 7. The van der Waals surface area contributed by atoms with Crippen molar-refractivity contribution in [1.82, 2.24) is 19.7 Å². The second kappa shape index (κ2) is 11.3. The highest BCUT2D eigenvalue weighted by atomic mass is 19.1. The van der Waals surface area contributed by atoms with Crippen molar-refractivity contribution in [2.45, 2.75) is 31.2 Å². The van der Waals surface area contributed by atoms with Crippen molar-refractivity contribution in [1.29, 1.82) is 0 Å². The number of fused-ring (bicyclic) bond motifs is 1. The van der Waals surface area contributed by atoms with E-state index in [1.807, 2.05) is 41.3 Å². The first kappa shape index (κ1) is 27.7. The highest BCUT2D eigenvalue weighted by Crippen LogP contribution is 2.37. The molecular weight excluding hydrogens is 507 g/mol. The topological polar surface area (TPSA) is 79.9 Å². The number of carbonyl (C=O) groups excluding carboxylic acids is 1. The van der Waals surface area contributed by atoms with Gasteiger partial charge in [0, 0.05) is 63.2 Å². The van der Waals surface area contributed by atoms with Crippen LogP contribution in [-0.2, 0) is 10.5 Å². The molecule has 7 nitrogen and oxygen atoms in total. The molecule has 0 aliphatic carbocycles. The van der Waals surface area contributed by atoms with Crippen LogP contribution in [-0.4, -0.2) is 70.5 Å². The van der Waals surface area contributed by atoms with Crippen LogP contribution in [0.4, 0.5) is 4.39 Å². The number of para-hydroxylation sites is 1. The van der Waals surface area contributed by atoms with Gasteiger partial charge in [-0.2, -0.15) is 0 Å². The lowest BCUT2D eigenvalue weighted by Crippen LogP contribution is -2.60. The monoisotopic (exact) mass is 542 g/mol. The Kier molecular flexibility index (Phi) is 7.85. The summed E-state index contributed by atoms with van der Waals surface area (Å²) in [6.07, 6.45) is 0.250. The molecule has 5 rings (SSSR count). The van der Waals surface area contributed by atoms with Gasteiger partial charge in [-0.15, -0.1) is 0 Å². The lowest BCUT2D eigenvalue weighted by Gasteiger charge is -2.49. The van der Waals surface area contributed by atoms with Crippen molar-refractivity contribution in [3.8, 4) is 0 Å². The van der Waals surface area contributed by atoms with Gasteiger partial charge in [0.2, 0.25) is 11.5 Å². The standard InChI is InChI=1S/C32H35FN4O3/c1-32(40,26-20-28(38)34-30-25(26)15-10-16-27(30)33)36-17-18-37(24(21-36)19-29(39)35(2)3)31(22-11-6-4-7-12-22)23-13-8-5-9-14-23/h4-16,20,24,31,40H,17-19,21H2,1-3H3,(H,34,38)/t24-,32?/m1/s1. The number of halogens is 1. The second-order valence-corrected chi connectivity index (χ2v) is 10.8. The Hall–Kier alpha value is -3.85. The fourth-order valence-corrected chi connectivity index (χ4v) is 5.82. The fraction of sp³-hybridized carbons (Fsp3) is 0.312. The Bertz CT molecular complexity index is 1500. The number of H-pyrrole nitrogens is 1. The number of amides is 1. The lowest BCUT2D eigenvalue weighted by atomic mass is 9.91. The van der Waals surface area contributed by atoms with Crippen molar-refractivity contribution < 1.29 is 14.3 Å². The number of pyridine rings is 1. The van der Waals surface area contributed by atoms with E-state index in [1.165, 1.54) is 12.1 Å². The van der Waals surface area contributed by atoms with Gasteiger partial charge in [-0.25, -0.2) is 4.39 Å². The first-order chi connectivity index (χ1) is 19.2. The van der Waals surface area contributed by atoms with Crippen LogP contribution in [0.15, 0.2) is 89.7 Å². The van der Waals surface area contributed by atoms with E-state index >= 15 is 0 Å². The minimum Gasteiger partial charge on any atom is -0.372 e. The summed E-state index contributed by atoms with van der Waals surface area (Å²) in [5.74, 6) is -0.569. The Balaban J connectivity index is 1.55. The molecule has 2 atom stereocenters. The Labute approximate surface area is 233 Å². The van der Waals surface area contributed by atoms with Gasteiger partial charge in [0.15, 0.2) is 0 Å². The molecule has 1 amide bonds. The van der Waals surface area contributed by atoms with Crippen molar-refractivity contribution in [2.24, 2.45) is 0 Å². The molecule has 40 heavy (non-hydrogen) atoms. The number of hydrogen-bond acceptors (Lipinski definition) is 5. The van der Waals surface area contributed by atoms with Crippen LogP contribution < -0.4 is 5.56 Å². The predicted octanol–water partition coefficient (Wildman–Crippen LogP) is 4.09. The van der Waals surface area contributed by atoms with Crippen LogP contribution in [0.25, 0.3) is 10.9 Å². The van der Waals surface area contributed by atoms with E-state index in [0.717, 1.165) is 11.1 Å². The third kappa shape index (κ3) is 5.43. The summed E-state index contributed by atoms with van der Waals surface area (Å²) in [7, 11) is 3.48. The van der Waals surface area contributed by atoms with Crippen LogP contribution >= 0.6 is 0 Å². The van der Waals surface area contributed by atoms with Crippen molar-refractivity contribution in [3.63, 3.8) is 0 Å². The number of aromatic amines is 1. The van der Waals surface area contributed by atoms with Gasteiger partial charge >= 0.3 is 0 Å². The van der Waals surface area contributed by atoms with E-state index in [9.17, 15) is 19.1 Å². The fourth-order valence-electron chi connectivity index (χ4n) is 5.82. The molecule has 0 radical (unpaired) electrons. The molecule has 2 heterocycles. The quantitative estimate of drug-likeness (QED) is 0.368. The second-order valence-electron chi connectivity index (χ2n) is 10.8. The summed E-state index contributed by atoms with van der Waals surface area (Å²) in [5.41, 5.74) is 0.565. The van der Waals surface area contributed by atoms with Crippen LogP contribution in [0, 0.1) is 5.82 Å². The van der Waals surface area contributed by atoms with Crippen molar-refractivity contribution in [3.05, 3.63) is 118 Å². The van der Waals surface area contributed by atoms with Gasteiger partial charge < -0.3 is 15.0 Å². The molecule has 0 spiro atoms. The number of piperazine rings is 1. The number of carbonyl (C=O) groups is 1. The Morgan fingerprint density at radius 1 is 1.02 bits per heavy atom. The number of aromatic nitrogens is 1. The molecule has 2 N–H and O–H groups in total. The summed E-state index contributed by atoms with van der Waals surface area (Å²) in [4.78, 5) is 34.0. The zero-order valence-corrected chi connectivity index (χ0v) is 23.0. The largest absolute Gasteiger partial charge is 0.372 e. The zero-order chi connectivity index (χ0) is 28.4. The molecule has 1 fully saturated rings. The molecule has 4 aromatic rings. The highest BCUT2D eigenvalue weighted by Gasteiger charge is 2.42. The number of nitrogens with zero attached hydrogens (tertiary/aromatic N) is 3. The SMILES string of the molecule is CN(C)C(=O)C[C@@H]1CN(C(C)(O)c2cc(=O)[nH]c3c(F)cccc23)CCN1C(c1ccccc1)c1ccccc1. The molecule has 1 saturated heterocycles. The van der Waals surface area contributed by atoms with E-state index in [4.69, 9.17) is 0 Å². The first-order valence-corrected chi connectivity index (χ1v) is 13.5. The van der Waals surface area contributed by atoms with Gasteiger partial charge in [0.05, 0.1) is 11.6 Å². The van der Waals surface area contributed by atoms with E-state index < -0.39 is 17.1 Å². The van der Waals surface area contributed by atoms with Crippen LogP contribution in [0.3, 0.4) is 0 Å². The van der Waals surface area contributed by atoms with Crippen LogP contribution in [0.2, 0.25) is 0 Å². The van der Waals surface area contributed by atoms with Gasteiger partial charge in [-0.05, 0) is 24.1 Å². The predicted molar refractivity (Wildman–Crippen MR) is 154 cm³/mol. The molecule has 208 valence electrons. The number of aliphatic hydroxyl groups is 1. The first-order valence-electron chi connectivity index (χ1n) is 13.5. The average Bonchev–Trinajstić information content (AvgIpc) is 2.95. The zero-order valence-electron chi connectivity index (χ0n) is 23.0. The van der Waals surface area contributed by atoms with E-state index in [0.29, 0.717) is 30.6 Å². The lowest BCUT2D eigenvalue weighted by molar-refractivity contribution is -0.142. The summed E-state index contributed by atoms with van der Waals surface area (Å²) < 4.78 is 14.6. The molecule has 8 heteroatoms. The number of benzene rings is 3. The van der Waals surface area contributed by atoms with Gasteiger partial charge in [0.25, 0.3) is 0 Å². The summed E-state index contributed by atoms with van der Waals surface area (Å²) in [5, 5.41) is 12.4. The van der Waals surface area contributed by atoms with Crippen molar-refractivity contribution >= 4 is 16.8 Å². The molecule has 0 saturated carbocycles. The maximum Gasteiger partial charge on any atom is 0.248 e. The molecule has 3 aromatic carbocycles. The maximum absolute atomic E-state index is 14.6. The van der Waals surface area contributed by atoms with Gasteiger partial charge in [0.1, 0.15) is 11.5 Å². The minimum absolute atomic E-state index is 0.0138. The van der Waals surface area contributed by atoms with Crippen LogP contribution in [0.5, 0.6) is 0 Å². The Morgan fingerprint density at radius 2 is 1.65 bits per heavy atom. The molecule has 0 bridgehead atoms. The minimum atomic E-state index is -1.58. The summed E-state index contributed by atoms with van der Waals surface area (Å²) in [6, 6.07) is 26.0. The molecule has 1 unspecified atom stereocenters. The third-order valence-corrected chi connectivity index (χ3v) is 7.95. The normalized spacial score (nSPS) is 18.1. The summed E-state index contributed by atoms with van der Waals surface area (Å²) in [6.45, 7) is 3.04. The average molecular weight is 543 g/mol. The summed E-state index contributed by atoms with van der Waals surface area (Å²) >= 11 is 0. The maximum atomic E-state index is 14.6. The molecule has 1 aliphatic heterocycles. The number of nitrogens with one attached hydrogen (secondary N) is 1. The number of hydrogen-bond donors (Lipinski definition) is 2. The van der Waals surface area contributed by atoms with E-state index in [1.54, 1.807) is 38.1 Å². The van der Waals surface area contributed by atoms with E-state index in [2.05, 4.69) is 34.1 Å². The molecular formula is C32H35FN4O3.